The van der Waals surface area contributed by atoms with Crippen LogP contribution in [0.25, 0.3) is 10.9 Å². The maximum absolute atomic E-state index is 6.48. The SMILES string of the molecule is C[C@H](NCc1cn(Cc2c(Cl)cccc2Cl)c2ccccc12)C12CC3CC(CC(C3)C1)C2. The lowest BCUT2D eigenvalue weighted by atomic mass is 9.48. The summed E-state index contributed by atoms with van der Waals surface area (Å²) < 4.78 is 2.30. The van der Waals surface area contributed by atoms with Crippen LogP contribution in [0.4, 0.5) is 0 Å². The van der Waals surface area contributed by atoms with Gasteiger partial charge in [-0.2, -0.15) is 0 Å². The molecule has 1 aromatic heterocycles. The summed E-state index contributed by atoms with van der Waals surface area (Å²) in [6.45, 7) is 4.05. The molecule has 2 nitrogen and oxygen atoms in total. The van der Waals surface area contributed by atoms with Crippen LogP contribution in [0.15, 0.2) is 48.7 Å². The highest BCUT2D eigenvalue weighted by Gasteiger charge is 2.52. The second kappa shape index (κ2) is 8.08. The monoisotopic (exact) mass is 466 g/mol. The molecular formula is C28H32Cl2N2. The van der Waals surface area contributed by atoms with Crippen molar-refractivity contribution in [2.45, 2.75) is 64.6 Å². The zero-order chi connectivity index (χ0) is 21.9. The molecule has 32 heavy (non-hydrogen) atoms. The highest BCUT2D eigenvalue weighted by molar-refractivity contribution is 6.36. The average molecular weight is 467 g/mol. The summed E-state index contributed by atoms with van der Waals surface area (Å²) in [6.07, 6.45) is 11.1. The Morgan fingerprint density at radius 3 is 2.22 bits per heavy atom. The predicted molar refractivity (Wildman–Crippen MR) is 134 cm³/mol. The van der Waals surface area contributed by atoms with Crippen LogP contribution in [-0.2, 0) is 13.1 Å². The van der Waals surface area contributed by atoms with Gasteiger partial charge in [0.05, 0.1) is 6.54 Å². The molecule has 7 rings (SSSR count). The van der Waals surface area contributed by atoms with Gasteiger partial charge in [-0.25, -0.2) is 0 Å². The summed E-state index contributed by atoms with van der Waals surface area (Å²) in [7, 11) is 0. The molecule has 4 bridgehead atoms. The van der Waals surface area contributed by atoms with Gasteiger partial charge in [-0.3, -0.25) is 0 Å². The Hall–Kier alpha value is -1.48. The zero-order valence-electron chi connectivity index (χ0n) is 18.8. The maximum Gasteiger partial charge on any atom is 0.0505 e. The average Bonchev–Trinajstić information content (AvgIpc) is 3.11. The van der Waals surface area contributed by atoms with Crippen molar-refractivity contribution in [1.29, 1.82) is 0 Å². The van der Waals surface area contributed by atoms with Crippen LogP contribution in [-0.4, -0.2) is 10.6 Å². The quantitative estimate of drug-likeness (QED) is 0.393. The van der Waals surface area contributed by atoms with Crippen molar-refractivity contribution in [1.82, 2.24) is 9.88 Å². The molecule has 4 heteroatoms. The molecule has 4 aliphatic carbocycles. The van der Waals surface area contributed by atoms with E-state index in [0.717, 1.165) is 39.9 Å². The van der Waals surface area contributed by atoms with Crippen LogP contribution in [0.5, 0.6) is 0 Å². The predicted octanol–water partition coefficient (Wildman–Crippen LogP) is 7.69. The van der Waals surface area contributed by atoms with E-state index in [1.165, 1.54) is 55.0 Å². The highest BCUT2D eigenvalue weighted by atomic mass is 35.5. The van der Waals surface area contributed by atoms with E-state index in [1.807, 2.05) is 18.2 Å². The van der Waals surface area contributed by atoms with Gasteiger partial charge in [0, 0.05) is 45.3 Å². The molecule has 2 aromatic carbocycles. The number of nitrogens with zero attached hydrogens (tertiary/aromatic N) is 1. The third kappa shape index (κ3) is 3.59. The lowest BCUT2D eigenvalue weighted by Crippen LogP contribution is -2.54. The second-order valence-electron chi connectivity index (χ2n) is 10.9. The number of fused-ring (bicyclic) bond motifs is 1. The minimum atomic E-state index is 0.526. The Kier molecular flexibility index (Phi) is 5.32. The molecule has 0 spiro atoms. The van der Waals surface area contributed by atoms with Crippen LogP contribution in [0.1, 0.15) is 56.6 Å². The third-order valence-corrected chi connectivity index (χ3v) is 9.57. The number of halogens is 2. The van der Waals surface area contributed by atoms with Gasteiger partial charge in [-0.05, 0) is 92.4 Å². The number of hydrogen-bond donors (Lipinski definition) is 1. The molecule has 168 valence electrons. The van der Waals surface area contributed by atoms with Crippen LogP contribution in [0.3, 0.4) is 0 Å². The fraction of sp³-hybridized carbons (Fsp3) is 0.500. The molecule has 1 N–H and O–H groups in total. The largest absolute Gasteiger partial charge is 0.343 e. The summed E-state index contributed by atoms with van der Waals surface area (Å²) in [5, 5.41) is 6.76. The van der Waals surface area contributed by atoms with Gasteiger partial charge >= 0.3 is 0 Å². The fourth-order valence-corrected chi connectivity index (χ4v) is 8.15. The number of rotatable bonds is 6. The van der Waals surface area contributed by atoms with Crippen LogP contribution in [0.2, 0.25) is 10.0 Å². The molecule has 4 aliphatic rings. The van der Waals surface area contributed by atoms with Gasteiger partial charge in [-0.1, -0.05) is 47.5 Å². The van der Waals surface area contributed by atoms with Gasteiger partial charge in [0.1, 0.15) is 0 Å². The minimum Gasteiger partial charge on any atom is -0.343 e. The zero-order valence-corrected chi connectivity index (χ0v) is 20.3. The molecule has 4 saturated carbocycles. The van der Waals surface area contributed by atoms with Crippen LogP contribution >= 0.6 is 23.2 Å². The van der Waals surface area contributed by atoms with Gasteiger partial charge in [0.15, 0.2) is 0 Å². The molecule has 0 aliphatic heterocycles. The summed E-state index contributed by atoms with van der Waals surface area (Å²) in [6, 6.07) is 15.0. The van der Waals surface area contributed by atoms with Crippen molar-refractivity contribution in [2.75, 3.05) is 0 Å². The van der Waals surface area contributed by atoms with Crippen molar-refractivity contribution in [3.63, 3.8) is 0 Å². The molecular weight excluding hydrogens is 435 g/mol. The van der Waals surface area contributed by atoms with Gasteiger partial charge in [-0.15, -0.1) is 0 Å². The van der Waals surface area contributed by atoms with Gasteiger partial charge in [0.25, 0.3) is 0 Å². The third-order valence-electron chi connectivity index (χ3n) is 8.86. The molecule has 3 aromatic rings. The molecule has 0 amide bonds. The van der Waals surface area contributed by atoms with Gasteiger partial charge < -0.3 is 9.88 Å². The Bertz CT molecular complexity index is 1090. The first-order valence-electron chi connectivity index (χ1n) is 12.2. The molecule has 4 fully saturated rings. The Labute approximate surface area is 201 Å². The van der Waals surface area contributed by atoms with Crippen molar-refractivity contribution in [3.05, 3.63) is 69.8 Å². The lowest BCUT2D eigenvalue weighted by molar-refractivity contribution is -0.0706. The molecule has 1 heterocycles. The first kappa shape index (κ1) is 21.1. The second-order valence-corrected chi connectivity index (χ2v) is 11.7. The number of hydrogen-bond acceptors (Lipinski definition) is 1. The maximum atomic E-state index is 6.48. The van der Waals surface area contributed by atoms with Crippen molar-refractivity contribution >= 4 is 34.1 Å². The molecule has 0 unspecified atom stereocenters. The number of nitrogens with one attached hydrogen (secondary N) is 1. The van der Waals surface area contributed by atoms with Crippen LogP contribution in [0, 0.1) is 23.2 Å². The highest BCUT2D eigenvalue weighted by Crippen LogP contribution is 2.61. The molecule has 0 radical (unpaired) electrons. The standard InChI is InChI=1S/C28H32Cl2N2/c1-18(28-12-19-9-20(13-28)11-21(10-19)14-28)31-15-22-16-32(27-8-3-2-5-23(22)27)17-24-25(29)6-4-7-26(24)30/h2-8,16,18-21,31H,9-15,17H2,1H3/t18-,19?,20?,21?,28?/m0/s1. The Morgan fingerprint density at radius 2 is 1.56 bits per heavy atom. The lowest BCUT2D eigenvalue weighted by Gasteiger charge is -2.59. The van der Waals surface area contributed by atoms with Crippen molar-refractivity contribution < 1.29 is 0 Å². The number of aromatic nitrogens is 1. The van der Waals surface area contributed by atoms with E-state index in [2.05, 4.69) is 47.3 Å². The van der Waals surface area contributed by atoms with E-state index < -0.39 is 0 Å². The summed E-state index contributed by atoms with van der Waals surface area (Å²) in [5.74, 6) is 2.98. The Morgan fingerprint density at radius 1 is 0.938 bits per heavy atom. The van der Waals surface area contributed by atoms with Crippen molar-refractivity contribution in [3.8, 4) is 0 Å². The van der Waals surface area contributed by atoms with E-state index in [0.29, 0.717) is 18.0 Å². The summed E-state index contributed by atoms with van der Waals surface area (Å²) in [4.78, 5) is 0. The van der Waals surface area contributed by atoms with E-state index in [-0.39, 0.29) is 0 Å². The molecule has 1 atom stereocenters. The van der Waals surface area contributed by atoms with E-state index >= 15 is 0 Å². The first-order chi connectivity index (χ1) is 15.5. The number of para-hydroxylation sites is 1. The Balaban J connectivity index is 1.24. The summed E-state index contributed by atoms with van der Waals surface area (Å²) in [5.41, 5.74) is 4.11. The van der Waals surface area contributed by atoms with Gasteiger partial charge in [0.2, 0.25) is 0 Å². The topological polar surface area (TPSA) is 17.0 Å². The fourth-order valence-electron chi connectivity index (χ4n) is 7.64. The van der Waals surface area contributed by atoms with E-state index in [4.69, 9.17) is 23.2 Å². The van der Waals surface area contributed by atoms with Crippen molar-refractivity contribution in [2.24, 2.45) is 23.2 Å². The van der Waals surface area contributed by atoms with E-state index in [1.54, 1.807) is 0 Å². The normalized spacial score (nSPS) is 29.7. The van der Waals surface area contributed by atoms with Crippen LogP contribution < -0.4 is 5.32 Å². The minimum absolute atomic E-state index is 0.526. The molecule has 0 saturated heterocycles. The first-order valence-corrected chi connectivity index (χ1v) is 13.0. The summed E-state index contributed by atoms with van der Waals surface area (Å²) >= 11 is 13.0. The smallest absolute Gasteiger partial charge is 0.0505 e. The van der Waals surface area contributed by atoms with E-state index in [9.17, 15) is 0 Å². The number of benzene rings is 2.